The van der Waals surface area contributed by atoms with Gasteiger partial charge < -0.3 is 19.3 Å². The van der Waals surface area contributed by atoms with Crippen LogP contribution in [0.5, 0.6) is 0 Å². The molecule has 31 heavy (non-hydrogen) atoms. The third kappa shape index (κ3) is 4.56. The van der Waals surface area contributed by atoms with Crippen molar-refractivity contribution in [3.63, 3.8) is 0 Å². The number of piperazine rings is 1. The molecule has 2 fully saturated rings. The van der Waals surface area contributed by atoms with Gasteiger partial charge >= 0.3 is 6.09 Å². The Bertz CT molecular complexity index is 964. The van der Waals surface area contributed by atoms with Crippen LogP contribution in [-0.2, 0) is 9.47 Å². The zero-order valence-corrected chi connectivity index (χ0v) is 18.5. The van der Waals surface area contributed by atoms with Gasteiger partial charge in [-0.1, -0.05) is 23.2 Å². The number of anilines is 2. The number of nitrogens with zero attached hydrogens (tertiary/aromatic N) is 4. The van der Waals surface area contributed by atoms with E-state index < -0.39 is 6.09 Å². The van der Waals surface area contributed by atoms with Crippen LogP contribution in [0, 0.1) is 0 Å². The molecule has 3 heterocycles. The van der Waals surface area contributed by atoms with Crippen molar-refractivity contribution >= 4 is 46.7 Å². The number of hydrogen-bond donors (Lipinski definition) is 0. The van der Waals surface area contributed by atoms with Crippen LogP contribution in [0.25, 0.3) is 0 Å². The van der Waals surface area contributed by atoms with Gasteiger partial charge in [-0.3, -0.25) is 9.69 Å². The van der Waals surface area contributed by atoms with E-state index in [-0.39, 0.29) is 18.6 Å². The van der Waals surface area contributed by atoms with Crippen LogP contribution >= 0.6 is 23.2 Å². The molecule has 2 saturated heterocycles. The van der Waals surface area contributed by atoms with E-state index >= 15 is 0 Å². The number of carbonyl (C=O) groups excluding carboxylic acids is 2. The second-order valence-corrected chi connectivity index (χ2v) is 8.18. The van der Waals surface area contributed by atoms with Gasteiger partial charge in [0.1, 0.15) is 12.4 Å². The van der Waals surface area contributed by atoms with E-state index in [0.717, 1.165) is 0 Å². The number of amides is 2. The predicted molar refractivity (Wildman–Crippen MR) is 118 cm³/mol. The maximum atomic E-state index is 12.9. The molecule has 0 N–H and O–H groups in total. The Kier molecular flexibility index (Phi) is 6.50. The fourth-order valence-corrected chi connectivity index (χ4v) is 4.30. The molecule has 2 aliphatic rings. The van der Waals surface area contributed by atoms with Gasteiger partial charge in [0.05, 0.1) is 22.7 Å². The van der Waals surface area contributed by atoms with Crippen molar-refractivity contribution in [2.75, 3.05) is 56.3 Å². The molecule has 2 aromatic rings. The summed E-state index contributed by atoms with van der Waals surface area (Å²) < 4.78 is 10.3. The highest BCUT2D eigenvalue weighted by molar-refractivity contribution is 6.36. The second-order valence-electron chi connectivity index (χ2n) is 7.34. The molecule has 2 amide bonds. The number of cyclic esters (lactones) is 1. The number of carbonyl (C=O) groups is 2. The van der Waals surface area contributed by atoms with E-state index in [0.29, 0.717) is 59.9 Å². The van der Waals surface area contributed by atoms with Gasteiger partial charge in [0.15, 0.2) is 0 Å². The molecule has 1 atom stereocenters. The molecule has 0 saturated carbocycles. The van der Waals surface area contributed by atoms with Gasteiger partial charge in [-0.15, -0.1) is 0 Å². The third-order valence-electron chi connectivity index (χ3n) is 5.37. The molecule has 8 nitrogen and oxygen atoms in total. The minimum Gasteiger partial charge on any atom is -0.447 e. The average Bonchev–Trinajstić information content (AvgIpc) is 3.14. The Morgan fingerprint density at radius 2 is 1.90 bits per heavy atom. The van der Waals surface area contributed by atoms with Crippen molar-refractivity contribution in [3.05, 3.63) is 52.1 Å². The lowest BCUT2D eigenvalue weighted by molar-refractivity contribution is 0.0746. The summed E-state index contributed by atoms with van der Waals surface area (Å²) >= 11 is 12.2. The van der Waals surface area contributed by atoms with Gasteiger partial charge in [-0.25, -0.2) is 9.78 Å². The zero-order chi connectivity index (χ0) is 22.0. The zero-order valence-electron chi connectivity index (χ0n) is 17.0. The minimum absolute atomic E-state index is 0.0567. The molecule has 1 aromatic carbocycles. The van der Waals surface area contributed by atoms with Gasteiger partial charge in [-0.2, -0.15) is 0 Å². The highest BCUT2D eigenvalue weighted by atomic mass is 35.5. The summed E-state index contributed by atoms with van der Waals surface area (Å²) in [7, 11) is 1.58. The first-order valence-corrected chi connectivity index (χ1v) is 10.6. The standard InChI is InChI=1S/C21H22Cl2N4O4/c1-30-12-17-13-31-21(29)27(17)16-4-2-14(3-5-16)20(28)26-8-6-25(7-9-26)19-18(23)10-15(22)11-24-19/h2-5,10-11,17H,6-9,12-13H2,1H3. The number of benzene rings is 1. The first-order chi connectivity index (χ1) is 15.0. The summed E-state index contributed by atoms with van der Waals surface area (Å²) in [4.78, 5) is 34.7. The number of halogens is 2. The lowest BCUT2D eigenvalue weighted by Crippen LogP contribution is -2.49. The highest BCUT2D eigenvalue weighted by Gasteiger charge is 2.34. The molecule has 0 radical (unpaired) electrons. The van der Waals surface area contributed by atoms with Crippen LogP contribution in [-0.4, -0.2) is 74.4 Å². The Morgan fingerprint density at radius 3 is 2.55 bits per heavy atom. The van der Waals surface area contributed by atoms with Crippen LogP contribution in [0.1, 0.15) is 10.4 Å². The molecule has 1 unspecified atom stereocenters. The lowest BCUT2D eigenvalue weighted by Gasteiger charge is -2.35. The molecule has 0 bridgehead atoms. The first-order valence-electron chi connectivity index (χ1n) is 9.88. The Labute approximate surface area is 190 Å². The monoisotopic (exact) mass is 464 g/mol. The lowest BCUT2D eigenvalue weighted by atomic mass is 10.1. The van der Waals surface area contributed by atoms with Crippen LogP contribution in [0.15, 0.2) is 36.5 Å². The molecule has 2 aliphatic heterocycles. The summed E-state index contributed by atoms with van der Waals surface area (Å²) in [6.07, 6.45) is 1.15. The van der Waals surface area contributed by atoms with Crippen LogP contribution in [0.2, 0.25) is 10.0 Å². The second kappa shape index (κ2) is 9.30. The average molecular weight is 465 g/mol. The summed E-state index contributed by atoms with van der Waals surface area (Å²) in [5.74, 6) is 0.615. The van der Waals surface area contributed by atoms with Crippen molar-refractivity contribution in [1.82, 2.24) is 9.88 Å². The fraction of sp³-hybridized carbons (Fsp3) is 0.381. The quantitative estimate of drug-likeness (QED) is 0.675. The van der Waals surface area contributed by atoms with E-state index in [1.165, 1.54) is 0 Å². The molecule has 4 rings (SSSR count). The van der Waals surface area contributed by atoms with Crippen molar-refractivity contribution < 1.29 is 19.1 Å². The van der Waals surface area contributed by atoms with Crippen molar-refractivity contribution in [1.29, 1.82) is 0 Å². The number of hydrogen-bond acceptors (Lipinski definition) is 6. The smallest absolute Gasteiger partial charge is 0.414 e. The summed E-state index contributed by atoms with van der Waals surface area (Å²) in [5, 5.41) is 0.983. The third-order valence-corrected chi connectivity index (χ3v) is 5.85. The number of pyridine rings is 1. The molecular weight excluding hydrogens is 443 g/mol. The molecule has 164 valence electrons. The predicted octanol–water partition coefficient (Wildman–Crippen LogP) is 3.32. The topological polar surface area (TPSA) is 75.2 Å². The normalized spacial score (nSPS) is 19.0. The van der Waals surface area contributed by atoms with E-state index in [1.807, 2.05) is 4.90 Å². The minimum atomic E-state index is -0.410. The summed E-state index contributed by atoms with van der Waals surface area (Å²) in [6, 6.07) is 8.47. The van der Waals surface area contributed by atoms with Gasteiger partial charge in [0.2, 0.25) is 0 Å². The van der Waals surface area contributed by atoms with E-state index in [4.69, 9.17) is 32.7 Å². The van der Waals surface area contributed by atoms with Crippen LogP contribution < -0.4 is 9.80 Å². The molecule has 1 aromatic heterocycles. The molecule has 0 spiro atoms. The number of rotatable bonds is 5. The maximum Gasteiger partial charge on any atom is 0.414 e. The maximum absolute atomic E-state index is 12.9. The SMILES string of the molecule is COCC1COC(=O)N1c1ccc(C(=O)N2CCN(c3ncc(Cl)cc3Cl)CC2)cc1. The largest absolute Gasteiger partial charge is 0.447 e. The van der Waals surface area contributed by atoms with E-state index in [1.54, 1.807) is 53.4 Å². The Balaban J connectivity index is 1.39. The van der Waals surface area contributed by atoms with E-state index in [9.17, 15) is 9.59 Å². The van der Waals surface area contributed by atoms with Crippen molar-refractivity contribution in [2.45, 2.75) is 6.04 Å². The number of aromatic nitrogens is 1. The molecular formula is C21H22Cl2N4O4. The molecule has 0 aliphatic carbocycles. The van der Waals surface area contributed by atoms with E-state index in [2.05, 4.69) is 4.98 Å². The Morgan fingerprint density at radius 1 is 1.19 bits per heavy atom. The van der Waals surface area contributed by atoms with Crippen molar-refractivity contribution in [2.24, 2.45) is 0 Å². The van der Waals surface area contributed by atoms with Gasteiger partial charge in [0, 0.05) is 50.7 Å². The fourth-order valence-electron chi connectivity index (χ4n) is 3.80. The molecule has 10 heteroatoms. The van der Waals surface area contributed by atoms with Crippen molar-refractivity contribution in [3.8, 4) is 0 Å². The summed E-state index contributed by atoms with van der Waals surface area (Å²) in [5.41, 5.74) is 1.24. The number of methoxy groups -OCH3 is 1. The van der Waals surface area contributed by atoms with Gasteiger partial charge in [-0.05, 0) is 30.3 Å². The van der Waals surface area contributed by atoms with Crippen LogP contribution in [0.3, 0.4) is 0 Å². The Hall–Kier alpha value is -2.55. The highest BCUT2D eigenvalue weighted by Crippen LogP contribution is 2.27. The van der Waals surface area contributed by atoms with Crippen LogP contribution in [0.4, 0.5) is 16.3 Å². The van der Waals surface area contributed by atoms with Gasteiger partial charge in [0.25, 0.3) is 5.91 Å². The first kappa shape index (κ1) is 21.7. The summed E-state index contributed by atoms with van der Waals surface area (Å²) in [6.45, 7) is 3.01. The number of ether oxygens (including phenoxy) is 2.